The third-order valence-corrected chi connectivity index (χ3v) is 4.13. The molecule has 0 spiro atoms. The topological polar surface area (TPSA) is 85.5 Å². The van der Waals surface area contributed by atoms with Crippen LogP contribution in [0, 0.1) is 0 Å². The Balaban J connectivity index is 1.54. The highest BCUT2D eigenvalue weighted by atomic mass is 16.6. The lowest BCUT2D eigenvalue weighted by Crippen LogP contribution is -2.39. The van der Waals surface area contributed by atoms with Crippen molar-refractivity contribution in [2.75, 3.05) is 31.7 Å². The van der Waals surface area contributed by atoms with Crippen molar-refractivity contribution in [3.05, 3.63) is 36.8 Å². The molecule has 0 radical (unpaired) electrons. The van der Waals surface area contributed by atoms with Crippen LogP contribution in [-0.4, -0.2) is 57.8 Å². The first-order valence-electron chi connectivity index (χ1n) is 8.13. The smallest absolute Gasteiger partial charge is 0.163 e. The lowest BCUT2D eigenvalue weighted by Gasteiger charge is -2.30. The number of aromatic nitrogens is 4. The van der Waals surface area contributed by atoms with Gasteiger partial charge in [0.25, 0.3) is 0 Å². The Labute approximate surface area is 144 Å². The van der Waals surface area contributed by atoms with Crippen molar-refractivity contribution in [3.63, 3.8) is 0 Å². The summed E-state index contributed by atoms with van der Waals surface area (Å²) in [5.74, 6) is 2.31. The number of rotatable bonds is 5. The fourth-order valence-electron chi connectivity index (χ4n) is 2.99. The molecule has 1 atom stereocenters. The molecule has 0 amide bonds. The van der Waals surface area contributed by atoms with Gasteiger partial charge < -0.3 is 19.5 Å². The molecule has 1 aromatic carbocycles. The molecule has 8 heteroatoms. The molecule has 3 aromatic rings. The van der Waals surface area contributed by atoms with Crippen LogP contribution in [0.4, 0.5) is 5.82 Å². The van der Waals surface area contributed by atoms with Gasteiger partial charge in [0.05, 0.1) is 31.3 Å². The summed E-state index contributed by atoms with van der Waals surface area (Å²) >= 11 is 0. The second-order valence-corrected chi connectivity index (χ2v) is 5.90. The molecule has 130 valence electrons. The van der Waals surface area contributed by atoms with Crippen LogP contribution in [0.15, 0.2) is 36.8 Å². The highest BCUT2D eigenvalue weighted by molar-refractivity contribution is 5.86. The Morgan fingerprint density at radius 2 is 2.12 bits per heavy atom. The first-order valence-corrected chi connectivity index (χ1v) is 8.13. The van der Waals surface area contributed by atoms with Crippen molar-refractivity contribution in [2.45, 2.75) is 12.6 Å². The second-order valence-electron chi connectivity index (χ2n) is 5.90. The van der Waals surface area contributed by atoms with Crippen LogP contribution in [0.2, 0.25) is 0 Å². The van der Waals surface area contributed by atoms with Crippen LogP contribution in [-0.2, 0) is 6.54 Å². The molecule has 3 heterocycles. The zero-order chi connectivity index (χ0) is 17.2. The van der Waals surface area contributed by atoms with Gasteiger partial charge in [-0.25, -0.2) is 14.6 Å². The SMILES string of the molecule is CN(CC1COc2ccccc2O1)c1ncnc2c1cnn2CCO. The van der Waals surface area contributed by atoms with Crippen molar-refractivity contribution in [3.8, 4) is 11.5 Å². The molecule has 0 fully saturated rings. The van der Waals surface area contributed by atoms with Crippen molar-refractivity contribution in [1.82, 2.24) is 19.7 Å². The first kappa shape index (κ1) is 15.6. The van der Waals surface area contributed by atoms with Gasteiger partial charge in [0, 0.05) is 7.05 Å². The Morgan fingerprint density at radius 3 is 2.96 bits per heavy atom. The summed E-state index contributed by atoms with van der Waals surface area (Å²) in [7, 11) is 1.95. The number of anilines is 1. The van der Waals surface area contributed by atoms with Crippen molar-refractivity contribution in [1.29, 1.82) is 0 Å². The van der Waals surface area contributed by atoms with Gasteiger partial charge >= 0.3 is 0 Å². The van der Waals surface area contributed by atoms with Gasteiger partial charge in [-0.3, -0.25) is 0 Å². The molecule has 1 aliphatic rings. The van der Waals surface area contributed by atoms with Crippen LogP contribution >= 0.6 is 0 Å². The molecule has 0 saturated carbocycles. The van der Waals surface area contributed by atoms with E-state index in [1.165, 1.54) is 6.33 Å². The van der Waals surface area contributed by atoms with Gasteiger partial charge in [-0.05, 0) is 12.1 Å². The van der Waals surface area contributed by atoms with Gasteiger partial charge in [0.15, 0.2) is 23.3 Å². The lowest BCUT2D eigenvalue weighted by molar-refractivity contribution is 0.0960. The molecular formula is C17H19N5O3. The van der Waals surface area contributed by atoms with E-state index in [1.54, 1.807) is 10.9 Å². The Bertz CT molecular complexity index is 882. The third-order valence-electron chi connectivity index (χ3n) is 4.13. The van der Waals surface area contributed by atoms with Crippen LogP contribution in [0.3, 0.4) is 0 Å². The largest absolute Gasteiger partial charge is 0.486 e. The Hall–Kier alpha value is -2.87. The van der Waals surface area contributed by atoms with E-state index in [-0.39, 0.29) is 12.7 Å². The monoisotopic (exact) mass is 341 g/mol. The number of fused-ring (bicyclic) bond motifs is 2. The summed E-state index contributed by atoms with van der Waals surface area (Å²) in [5, 5.41) is 14.2. The fourth-order valence-corrected chi connectivity index (χ4v) is 2.99. The van der Waals surface area contributed by atoms with Crippen LogP contribution in [0.25, 0.3) is 11.0 Å². The normalized spacial score (nSPS) is 16.2. The van der Waals surface area contributed by atoms with Gasteiger partial charge in [-0.15, -0.1) is 0 Å². The molecule has 0 bridgehead atoms. The highest BCUT2D eigenvalue weighted by Crippen LogP contribution is 2.31. The summed E-state index contributed by atoms with van der Waals surface area (Å²) in [6.07, 6.45) is 3.14. The van der Waals surface area contributed by atoms with E-state index < -0.39 is 0 Å². The predicted octanol–water partition coefficient (Wildman–Crippen LogP) is 1.09. The number of para-hydroxylation sites is 2. The Morgan fingerprint density at radius 1 is 1.28 bits per heavy atom. The number of likely N-dealkylation sites (N-methyl/N-ethyl adjacent to an activating group) is 1. The summed E-state index contributed by atoms with van der Waals surface area (Å²) < 4.78 is 13.5. The van der Waals surface area contributed by atoms with Gasteiger partial charge in [0.2, 0.25) is 0 Å². The van der Waals surface area contributed by atoms with E-state index in [0.29, 0.717) is 25.3 Å². The molecule has 2 aromatic heterocycles. The summed E-state index contributed by atoms with van der Waals surface area (Å²) in [5.41, 5.74) is 0.706. The fraction of sp³-hybridized carbons (Fsp3) is 0.353. The summed E-state index contributed by atoms with van der Waals surface area (Å²) in [6.45, 7) is 1.52. The zero-order valence-corrected chi connectivity index (χ0v) is 13.9. The minimum absolute atomic E-state index is 0.0125. The quantitative estimate of drug-likeness (QED) is 0.743. The average Bonchev–Trinajstić information content (AvgIpc) is 3.05. The van der Waals surface area contributed by atoms with E-state index in [4.69, 9.17) is 14.6 Å². The summed E-state index contributed by atoms with van der Waals surface area (Å²) in [6, 6.07) is 7.66. The summed E-state index contributed by atoms with van der Waals surface area (Å²) in [4.78, 5) is 10.7. The van der Waals surface area contributed by atoms with Gasteiger partial charge in [-0.1, -0.05) is 12.1 Å². The van der Waals surface area contributed by atoms with Crippen molar-refractivity contribution in [2.24, 2.45) is 0 Å². The number of aliphatic hydroxyl groups excluding tert-OH is 1. The number of nitrogens with zero attached hydrogens (tertiary/aromatic N) is 5. The number of benzene rings is 1. The van der Waals surface area contributed by atoms with Crippen LogP contribution in [0.5, 0.6) is 11.5 Å². The second kappa shape index (κ2) is 6.56. The van der Waals surface area contributed by atoms with Crippen molar-refractivity contribution >= 4 is 16.9 Å². The number of hydrogen-bond acceptors (Lipinski definition) is 7. The molecule has 1 N–H and O–H groups in total. The van der Waals surface area contributed by atoms with Gasteiger partial charge in [0.1, 0.15) is 18.8 Å². The molecule has 1 aliphatic heterocycles. The minimum atomic E-state index is -0.0996. The zero-order valence-electron chi connectivity index (χ0n) is 13.9. The molecule has 4 rings (SSSR count). The van der Waals surface area contributed by atoms with Crippen LogP contribution in [0.1, 0.15) is 0 Å². The predicted molar refractivity (Wildman–Crippen MR) is 92.0 cm³/mol. The molecule has 1 unspecified atom stereocenters. The maximum absolute atomic E-state index is 9.13. The van der Waals surface area contributed by atoms with Crippen LogP contribution < -0.4 is 14.4 Å². The van der Waals surface area contributed by atoms with E-state index in [0.717, 1.165) is 22.7 Å². The van der Waals surface area contributed by atoms with E-state index in [1.807, 2.05) is 36.2 Å². The average molecular weight is 341 g/mol. The van der Waals surface area contributed by atoms with Gasteiger partial charge in [-0.2, -0.15) is 5.10 Å². The first-order chi connectivity index (χ1) is 12.3. The molecule has 0 aliphatic carbocycles. The maximum Gasteiger partial charge on any atom is 0.163 e. The van der Waals surface area contributed by atoms with E-state index in [9.17, 15) is 0 Å². The third kappa shape index (κ3) is 2.96. The molecule has 8 nitrogen and oxygen atoms in total. The standard InChI is InChI=1S/C17H19N5O3/c1-21(9-12-10-24-14-4-2-3-5-15(14)25-12)16-13-8-20-22(6-7-23)17(13)19-11-18-16/h2-5,8,11-12,23H,6-7,9-10H2,1H3. The van der Waals surface area contributed by atoms with Crippen molar-refractivity contribution < 1.29 is 14.6 Å². The number of ether oxygens (including phenoxy) is 2. The van der Waals surface area contributed by atoms with E-state index in [2.05, 4.69) is 15.1 Å². The van der Waals surface area contributed by atoms with E-state index >= 15 is 0 Å². The lowest BCUT2D eigenvalue weighted by atomic mass is 10.2. The Kier molecular flexibility index (Phi) is 4.10. The molecule has 0 saturated heterocycles. The molecule has 25 heavy (non-hydrogen) atoms. The number of hydrogen-bond donors (Lipinski definition) is 1. The minimum Gasteiger partial charge on any atom is -0.486 e. The molecular weight excluding hydrogens is 322 g/mol. The number of aliphatic hydroxyl groups is 1. The highest BCUT2D eigenvalue weighted by Gasteiger charge is 2.23. The maximum atomic E-state index is 9.13.